The lowest BCUT2D eigenvalue weighted by Gasteiger charge is -2.14. The van der Waals surface area contributed by atoms with Crippen LogP contribution >= 0.6 is 11.3 Å². The van der Waals surface area contributed by atoms with E-state index in [0.29, 0.717) is 16.0 Å². The van der Waals surface area contributed by atoms with Crippen molar-refractivity contribution in [3.63, 3.8) is 0 Å². The van der Waals surface area contributed by atoms with Gasteiger partial charge in [-0.05, 0) is 42.0 Å². The highest BCUT2D eigenvalue weighted by molar-refractivity contribution is 7.91. The smallest absolute Gasteiger partial charge is 0.252 e. The van der Waals surface area contributed by atoms with E-state index in [9.17, 15) is 8.42 Å². The zero-order valence-electron chi connectivity index (χ0n) is 11.8. The van der Waals surface area contributed by atoms with Crippen molar-refractivity contribution in [1.82, 2.24) is 9.62 Å². The molecule has 1 N–H and O–H groups in total. The minimum Gasteiger partial charge on any atom is -0.468 e. The lowest BCUT2D eigenvalue weighted by Crippen LogP contribution is -2.25. The van der Waals surface area contributed by atoms with Crippen LogP contribution in [0.1, 0.15) is 24.2 Å². The molecule has 0 amide bonds. The molecule has 114 valence electrons. The Hall–Kier alpha value is -1.15. The molecule has 1 saturated carbocycles. The highest BCUT2D eigenvalue weighted by atomic mass is 32.2. The Labute approximate surface area is 128 Å². The molecule has 2 aromatic rings. The number of thiophene rings is 1. The highest BCUT2D eigenvalue weighted by Crippen LogP contribution is 2.25. The van der Waals surface area contributed by atoms with Crippen molar-refractivity contribution in [2.45, 2.75) is 36.2 Å². The SMILES string of the molecule is CN(Cc1ccco1)S(=O)(=O)c1cc(CNC2CC2)cs1. The Morgan fingerprint density at radius 3 is 2.95 bits per heavy atom. The Morgan fingerprint density at radius 1 is 1.48 bits per heavy atom. The summed E-state index contributed by atoms with van der Waals surface area (Å²) in [5.41, 5.74) is 1.02. The van der Waals surface area contributed by atoms with E-state index in [1.165, 1.54) is 28.5 Å². The third-order valence-electron chi connectivity index (χ3n) is 3.43. The van der Waals surface area contributed by atoms with E-state index < -0.39 is 10.0 Å². The predicted octanol–water partition coefficient (Wildman–Crippen LogP) is 2.41. The van der Waals surface area contributed by atoms with Gasteiger partial charge in [0.15, 0.2) is 0 Å². The van der Waals surface area contributed by atoms with Gasteiger partial charge < -0.3 is 9.73 Å². The molecule has 0 saturated heterocycles. The van der Waals surface area contributed by atoms with Crippen LogP contribution in [-0.2, 0) is 23.1 Å². The van der Waals surface area contributed by atoms with Gasteiger partial charge in [-0.15, -0.1) is 11.3 Å². The molecular weight excluding hydrogens is 308 g/mol. The van der Waals surface area contributed by atoms with Crippen LogP contribution in [0.4, 0.5) is 0 Å². The first-order valence-electron chi connectivity index (χ1n) is 6.85. The summed E-state index contributed by atoms with van der Waals surface area (Å²) in [6.45, 7) is 0.974. The fourth-order valence-electron chi connectivity index (χ4n) is 1.99. The van der Waals surface area contributed by atoms with Gasteiger partial charge in [-0.2, -0.15) is 4.31 Å². The molecule has 0 aliphatic heterocycles. The third-order valence-corrected chi connectivity index (χ3v) is 6.69. The fraction of sp³-hybridized carbons (Fsp3) is 0.429. The summed E-state index contributed by atoms with van der Waals surface area (Å²) in [6, 6.07) is 5.90. The second-order valence-corrected chi connectivity index (χ2v) is 8.45. The molecule has 7 heteroatoms. The zero-order chi connectivity index (χ0) is 14.9. The van der Waals surface area contributed by atoms with Crippen LogP contribution in [0.25, 0.3) is 0 Å². The molecule has 0 atom stereocenters. The van der Waals surface area contributed by atoms with E-state index in [-0.39, 0.29) is 6.54 Å². The highest BCUT2D eigenvalue weighted by Gasteiger charge is 2.24. The molecular formula is C14H18N2O3S2. The standard InChI is InChI=1S/C14H18N2O3S2/c1-16(9-13-3-2-6-19-13)21(17,18)14-7-11(10-20-14)8-15-12-4-5-12/h2-3,6-7,10,12,15H,4-5,8-9H2,1H3. The molecule has 0 spiro atoms. The van der Waals surface area contributed by atoms with Gasteiger partial charge in [0.2, 0.25) is 0 Å². The Balaban J connectivity index is 1.68. The first-order chi connectivity index (χ1) is 10.1. The van der Waals surface area contributed by atoms with Gasteiger partial charge in [-0.3, -0.25) is 0 Å². The third kappa shape index (κ3) is 3.55. The maximum absolute atomic E-state index is 12.5. The second kappa shape index (κ2) is 5.92. The van der Waals surface area contributed by atoms with Crippen LogP contribution in [-0.4, -0.2) is 25.8 Å². The summed E-state index contributed by atoms with van der Waals surface area (Å²) in [5, 5.41) is 5.29. The summed E-state index contributed by atoms with van der Waals surface area (Å²) >= 11 is 1.27. The average Bonchev–Trinajstić information content (AvgIpc) is 2.93. The summed E-state index contributed by atoms with van der Waals surface area (Å²) in [5.74, 6) is 0.633. The first kappa shape index (κ1) is 14.8. The summed E-state index contributed by atoms with van der Waals surface area (Å²) < 4.78 is 31.9. The van der Waals surface area contributed by atoms with Gasteiger partial charge >= 0.3 is 0 Å². The molecule has 2 aromatic heterocycles. The van der Waals surface area contributed by atoms with Crippen molar-refractivity contribution in [2.75, 3.05) is 7.05 Å². The number of hydrogen-bond acceptors (Lipinski definition) is 5. The van der Waals surface area contributed by atoms with Crippen molar-refractivity contribution < 1.29 is 12.8 Å². The number of nitrogens with zero attached hydrogens (tertiary/aromatic N) is 1. The fourth-order valence-corrected chi connectivity index (χ4v) is 4.55. The van der Waals surface area contributed by atoms with E-state index in [2.05, 4.69) is 5.32 Å². The largest absolute Gasteiger partial charge is 0.468 e. The minimum atomic E-state index is -3.45. The lowest BCUT2D eigenvalue weighted by molar-refractivity contribution is 0.407. The van der Waals surface area contributed by atoms with Crippen LogP contribution in [0.5, 0.6) is 0 Å². The minimum absolute atomic E-state index is 0.239. The van der Waals surface area contributed by atoms with Gasteiger partial charge in [0.05, 0.1) is 12.8 Å². The van der Waals surface area contributed by atoms with Gasteiger partial charge in [-0.25, -0.2) is 8.42 Å². The van der Waals surface area contributed by atoms with Gasteiger partial charge in [0, 0.05) is 19.6 Å². The quantitative estimate of drug-likeness (QED) is 0.849. The summed E-state index contributed by atoms with van der Waals surface area (Å²) in [7, 11) is -1.88. The van der Waals surface area contributed by atoms with Crippen LogP contribution in [0.2, 0.25) is 0 Å². The van der Waals surface area contributed by atoms with E-state index >= 15 is 0 Å². The topological polar surface area (TPSA) is 62.6 Å². The van der Waals surface area contributed by atoms with Crippen LogP contribution in [0.15, 0.2) is 38.5 Å². The maximum atomic E-state index is 12.5. The summed E-state index contributed by atoms with van der Waals surface area (Å²) in [6.07, 6.45) is 3.99. The van der Waals surface area contributed by atoms with E-state index in [1.54, 1.807) is 31.5 Å². The zero-order valence-corrected chi connectivity index (χ0v) is 13.4. The van der Waals surface area contributed by atoms with Crippen molar-refractivity contribution >= 4 is 21.4 Å². The van der Waals surface area contributed by atoms with E-state index in [0.717, 1.165) is 12.1 Å². The normalized spacial score (nSPS) is 15.7. The van der Waals surface area contributed by atoms with Gasteiger partial charge in [0.25, 0.3) is 10.0 Å². The lowest BCUT2D eigenvalue weighted by atomic mass is 10.3. The van der Waals surface area contributed by atoms with Crippen LogP contribution in [0, 0.1) is 0 Å². The van der Waals surface area contributed by atoms with E-state index in [4.69, 9.17) is 4.42 Å². The number of hydrogen-bond donors (Lipinski definition) is 1. The Kier molecular flexibility index (Phi) is 4.17. The van der Waals surface area contributed by atoms with Gasteiger partial charge in [0.1, 0.15) is 9.97 Å². The van der Waals surface area contributed by atoms with E-state index in [1.807, 2.05) is 5.38 Å². The number of nitrogens with one attached hydrogen (secondary N) is 1. The number of rotatable bonds is 7. The van der Waals surface area contributed by atoms with Crippen molar-refractivity contribution in [3.8, 4) is 0 Å². The number of sulfonamides is 1. The molecule has 21 heavy (non-hydrogen) atoms. The van der Waals surface area contributed by atoms with Crippen LogP contribution < -0.4 is 5.32 Å². The molecule has 5 nitrogen and oxygen atoms in total. The molecule has 1 aliphatic carbocycles. The van der Waals surface area contributed by atoms with Crippen molar-refractivity contribution in [2.24, 2.45) is 0 Å². The van der Waals surface area contributed by atoms with Crippen LogP contribution in [0.3, 0.4) is 0 Å². The molecule has 2 heterocycles. The maximum Gasteiger partial charge on any atom is 0.252 e. The average molecular weight is 326 g/mol. The second-order valence-electron chi connectivity index (χ2n) is 5.27. The van der Waals surface area contributed by atoms with Crippen molar-refractivity contribution in [1.29, 1.82) is 0 Å². The molecule has 1 aliphatic rings. The molecule has 0 radical (unpaired) electrons. The monoisotopic (exact) mass is 326 g/mol. The molecule has 1 fully saturated rings. The van der Waals surface area contributed by atoms with Gasteiger partial charge in [-0.1, -0.05) is 0 Å². The summed E-state index contributed by atoms with van der Waals surface area (Å²) in [4.78, 5) is 0. The predicted molar refractivity (Wildman–Crippen MR) is 81.5 cm³/mol. The number of furan rings is 1. The molecule has 0 bridgehead atoms. The molecule has 0 unspecified atom stereocenters. The van der Waals surface area contributed by atoms with Crippen molar-refractivity contribution in [3.05, 3.63) is 41.2 Å². The Bertz CT molecular complexity index is 688. The molecule has 3 rings (SSSR count). The molecule has 0 aromatic carbocycles. The Morgan fingerprint density at radius 2 is 2.29 bits per heavy atom. The first-order valence-corrected chi connectivity index (χ1v) is 9.17.